The number of oxazole rings is 1. The summed E-state index contributed by atoms with van der Waals surface area (Å²) in [6.45, 7) is 2.52. The van der Waals surface area contributed by atoms with Crippen molar-refractivity contribution in [3.63, 3.8) is 0 Å². The molecule has 0 aliphatic carbocycles. The Labute approximate surface area is 111 Å². The second-order valence-electron chi connectivity index (χ2n) is 4.99. The molecule has 0 spiro atoms. The number of fused-ring (bicyclic) bond motifs is 1. The summed E-state index contributed by atoms with van der Waals surface area (Å²) >= 11 is 0. The summed E-state index contributed by atoms with van der Waals surface area (Å²) in [5.41, 5.74) is 2.63. The van der Waals surface area contributed by atoms with E-state index in [0.717, 1.165) is 36.2 Å². The van der Waals surface area contributed by atoms with Crippen molar-refractivity contribution in [1.29, 1.82) is 0 Å². The first-order valence-corrected chi connectivity index (χ1v) is 6.61. The van der Waals surface area contributed by atoms with Gasteiger partial charge in [0.2, 0.25) is 5.91 Å². The lowest BCUT2D eigenvalue weighted by Crippen LogP contribution is -2.25. The highest BCUT2D eigenvalue weighted by molar-refractivity contribution is 5.77. The van der Waals surface area contributed by atoms with Crippen LogP contribution in [0.3, 0.4) is 0 Å². The number of carbonyl (C=O) groups excluding carboxylic acids is 1. The normalized spacial score (nSPS) is 18.8. The van der Waals surface area contributed by atoms with Crippen molar-refractivity contribution in [3.05, 3.63) is 30.2 Å². The minimum absolute atomic E-state index is 0.117. The first kappa shape index (κ1) is 12.2. The molecule has 0 radical (unpaired) electrons. The number of nitrogens with zero attached hydrogens (tertiary/aromatic N) is 1. The third kappa shape index (κ3) is 2.93. The van der Waals surface area contributed by atoms with E-state index in [1.165, 1.54) is 6.39 Å². The molecule has 0 bridgehead atoms. The Hall–Kier alpha value is -1.88. The second kappa shape index (κ2) is 5.40. The van der Waals surface area contributed by atoms with E-state index in [2.05, 4.69) is 15.6 Å². The summed E-state index contributed by atoms with van der Waals surface area (Å²) in [7, 11) is 0. The highest BCUT2D eigenvalue weighted by atomic mass is 16.3. The van der Waals surface area contributed by atoms with E-state index in [1.807, 2.05) is 18.2 Å². The first-order valence-electron chi connectivity index (χ1n) is 6.61. The maximum atomic E-state index is 11.8. The number of rotatable bonds is 4. The summed E-state index contributed by atoms with van der Waals surface area (Å²) in [5, 5.41) is 6.22. The molecule has 1 aliphatic rings. The van der Waals surface area contributed by atoms with Crippen molar-refractivity contribution in [2.24, 2.45) is 5.92 Å². The fraction of sp³-hybridized carbons (Fsp3) is 0.429. The molecule has 1 fully saturated rings. The Morgan fingerprint density at radius 2 is 2.47 bits per heavy atom. The zero-order valence-electron chi connectivity index (χ0n) is 10.7. The topological polar surface area (TPSA) is 67.2 Å². The van der Waals surface area contributed by atoms with Crippen molar-refractivity contribution >= 4 is 17.0 Å². The molecule has 1 amide bonds. The Bertz CT molecular complexity index is 573. The minimum Gasteiger partial charge on any atom is -0.443 e. The largest absolute Gasteiger partial charge is 0.443 e. The van der Waals surface area contributed by atoms with Gasteiger partial charge in [0.1, 0.15) is 5.52 Å². The first-order chi connectivity index (χ1) is 9.31. The van der Waals surface area contributed by atoms with Crippen LogP contribution in [0, 0.1) is 5.92 Å². The van der Waals surface area contributed by atoms with E-state index in [4.69, 9.17) is 4.42 Å². The quantitative estimate of drug-likeness (QED) is 0.872. The van der Waals surface area contributed by atoms with Gasteiger partial charge in [0.25, 0.3) is 0 Å². The Morgan fingerprint density at radius 1 is 1.53 bits per heavy atom. The molecule has 2 N–H and O–H groups in total. The lowest BCUT2D eigenvalue weighted by Gasteiger charge is -2.09. The molecule has 1 saturated heterocycles. The molecule has 1 aromatic heterocycles. The van der Waals surface area contributed by atoms with Crippen LogP contribution in [0.2, 0.25) is 0 Å². The number of carbonyl (C=O) groups is 1. The van der Waals surface area contributed by atoms with Crippen LogP contribution >= 0.6 is 0 Å². The molecular formula is C14H17N3O2. The average Bonchev–Trinajstić information content (AvgIpc) is 3.06. The monoisotopic (exact) mass is 259 g/mol. The SMILES string of the molecule is O=C(CC1CCNC1)NCc1ccc2ncoc2c1. The Balaban J connectivity index is 1.54. The number of benzene rings is 1. The lowest BCUT2D eigenvalue weighted by atomic mass is 10.0. The van der Waals surface area contributed by atoms with Gasteiger partial charge in [-0.25, -0.2) is 4.98 Å². The molecule has 100 valence electrons. The van der Waals surface area contributed by atoms with Gasteiger partial charge < -0.3 is 15.1 Å². The van der Waals surface area contributed by atoms with Crippen LogP contribution in [0.5, 0.6) is 0 Å². The van der Waals surface area contributed by atoms with Gasteiger partial charge in [0, 0.05) is 13.0 Å². The second-order valence-corrected chi connectivity index (χ2v) is 4.99. The van der Waals surface area contributed by atoms with Gasteiger partial charge in [-0.05, 0) is 43.1 Å². The zero-order chi connectivity index (χ0) is 13.1. The van der Waals surface area contributed by atoms with Crippen molar-refractivity contribution in [2.75, 3.05) is 13.1 Å². The number of nitrogens with one attached hydrogen (secondary N) is 2. The van der Waals surface area contributed by atoms with E-state index >= 15 is 0 Å². The molecule has 2 heterocycles. The molecule has 1 unspecified atom stereocenters. The molecule has 3 rings (SSSR count). The summed E-state index contributed by atoms with van der Waals surface area (Å²) < 4.78 is 5.24. The predicted octanol–water partition coefficient (Wildman–Crippen LogP) is 1.44. The van der Waals surface area contributed by atoms with E-state index in [0.29, 0.717) is 18.9 Å². The van der Waals surface area contributed by atoms with Gasteiger partial charge in [-0.2, -0.15) is 0 Å². The number of aromatic nitrogens is 1. The van der Waals surface area contributed by atoms with E-state index in [1.54, 1.807) is 0 Å². The van der Waals surface area contributed by atoms with Crippen LogP contribution in [0.1, 0.15) is 18.4 Å². The van der Waals surface area contributed by atoms with Crippen LogP contribution in [0.15, 0.2) is 29.0 Å². The highest BCUT2D eigenvalue weighted by Crippen LogP contribution is 2.15. The summed E-state index contributed by atoms with van der Waals surface area (Å²) in [6.07, 6.45) is 3.13. The van der Waals surface area contributed by atoms with Crippen molar-refractivity contribution in [3.8, 4) is 0 Å². The molecule has 0 saturated carbocycles. The minimum atomic E-state index is 0.117. The zero-order valence-corrected chi connectivity index (χ0v) is 10.7. The Kier molecular flexibility index (Phi) is 3.46. The van der Waals surface area contributed by atoms with E-state index in [-0.39, 0.29) is 5.91 Å². The predicted molar refractivity (Wildman–Crippen MR) is 71.4 cm³/mol. The van der Waals surface area contributed by atoms with Crippen molar-refractivity contribution < 1.29 is 9.21 Å². The van der Waals surface area contributed by atoms with Gasteiger partial charge in [-0.1, -0.05) is 6.07 Å². The summed E-state index contributed by atoms with van der Waals surface area (Å²) in [4.78, 5) is 15.9. The van der Waals surface area contributed by atoms with Crippen molar-refractivity contribution in [1.82, 2.24) is 15.6 Å². The molecule has 1 aromatic carbocycles. The van der Waals surface area contributed by atoms with Gasteiger partial charge in [0.15, 0.2) is 12.0 Å². The molecule has 1 atom stereocenters. The maximum Gasteiger partial charge on any atom is 0.220 e. The molecule has 5 heteroatoms. The summed E-state index contributed by atoms with van der Waals surface area (Å²) in [6, 6.07) is 5.78. The van der Waals surface area contributed by atoms with Gasteiger partial charge >= 0.3 is 0 Å². The Morgan fingerprint density at radius 3 is 3.32 bits per heavy atom. The molecule has 2 aromatic rings. The number of hydrogen-bond donors (Lipinski definition) is 2. The maximum absolute atomic E-state index is 11.8. The van der Waals surface area contributed by atoms with Gasteiger partial charge in [0.05, 0.1) is 0 Å². The van der Waals surface area contributed by atoms with Crippen LogP contribution in [0.25, 0.3) is 11.1 Å². The van der Waals surface area contributed by atoms with Gasteiger partial charge in [-0.15, -0.1) is 0 Å². The van der Waals surface area contributed by atoms with Crippen LogP contribution < -0.4 is 10.6 Å². The van der Waals surface area contributed by atoms with Gasteiger partial charge in [-0.3, -0.25) is 4.79 Å². The summed E-state index contributed by atoms with van der Waals surface area (Å²) in [5.74, 6) is 0.600. The average molecular weight is 259 g/mol. The smallest absolute Gasteiger partial charge is 0.220 e. The fourth-order valence-electron chi connectivity index (χ4n) is 2.43. The van der Waals surface area contributed by atoms with E-state index < -0.39 is 0 Å². The van der Waals surface area contributed by atoms with E-state index in [9.17, 15) is 4.79 Å². The third-order valence-corrected chi connectivity index (χ3v) is 3.52. The standard InChI is InChI=1S/C14H17N3O2/c18-14(6-11-3-4-15-7-11)16-8-10-1-2-12-13(5-10)19-9-17-12/h1-2,5,9,11,15H,3-4,6-8H2,(H,16,18). The van der Waals surface area contributed by atoms with Crippen LogP contribution in [0.4, 0.5) is 0 Å². The van der Waals surface area contributed by atoms with Crippen molar-refractivity contribution in [2.45, 2.75) is 19.4 Å². The molecule has 1 aliphatic heterocycles. The molecule has 19 heavy (non-hydrogen) atoms. The molecular weight excluding hydrogens is 242 g/mol. The number of hydrogen-bond acceptors (Lipinski definition) is 4. The molecule has 5 nitrogen and oxygen atoms in total. The van der Waals surface area contributed by atoms with Crippen LogP contribution in [-0.4, -0.2) is 24.0 Å². The lowest BCUT2D eigenvalue weighted by molar-refractivity contribution is -0.122. The fourth-order valence-corrected chi connectivity index (χ4v) is 2.43. The number of amides is 1. The third-order valence-electron chi connectivity index (χ3n) is 3.52. The highest BCUT2D eigenvalue weighted by Gasteiger charge is 2.17. The van der Waals surface area contributed by atoms with Crippen LogP contribution in [-0.2, 0) is 11.3 Å².